The molecule has 0 saturated heterocycles. The number of allylic oxidation sites excluding steroid dienone is 14. The highest BCUT2D eigenvalue weighted by molar-refractivity contribution is 7.47. The van der Waals surface area contributed by atoms with Crippen LogP contribution in [0.1, 0.15) is 142 Å². The topological polar surface area (TPSA) is 172 Å². The first kappa shape index (κ1) is 52.7. The predicted molar refractivity (Wildman–Crippen MR) is 226 cm³/mol. The van der Waals surface area contributed by atoms with Crippen LogP contribution in [0, 0.1) is 0 Å². The molecule has 0 amide bonds. The summed E-state index contributed by atoms with van der Waals surface area (Å²) in [6.45, 7) is 2.56. The molecule has 0 rings (SSSR count). The smallest absolute Gasteiger partial charge is 0.472 e. The third-order valence-electron chi connectivity index (χ3n) is 8.13. The number of carbonyl (C=O) groups excluding carboxylic acids is 2. The van der Waals surface area contributed by atoms with Crippen LogP contribution in [0.15, 0.2) is 85.1 Å². The summed E-state index contributed by atoms with van der Waals surface area (Å²) in [6, 6.07) is -1.54. The van der Waals surface area contributed by atoms with Crippen molar-refractivity contribution >= 4 is 25.7 Å². The van der Waals surface area contributed by atoms with Gasteiger partial charge in [0.15, 0.2) is 6.10 Å². The summed E-state index contributed by atoms with van der Waals surface area (Å²) in [5, 5.41) is 8.88. The number of unbranched alkanes of at least 4 members (excludes halogenated alkanes) is 9. The average molecular weight is 806 g/mol. The molecule has 12 heteroatoms. The second kappa shape index (κ2) is 38.5. The molecule has 11 nitrogen and oxygen atoms in total. The van der Waals surface area contributed by atoms with Gasteiger partial charge in [0.25, 0.3) is 0 Å². The molecule has 0 aliphatic carbocycles. The van der Waals surface area contributed by atoms with E-state index in [0.717, 1.165) is 57.8 Å². The van der Waals surface area contributed by atoms with Crippen molar-refractivity contribution in [2.45, 2.75) is 154 Å². The number of hydrogen-bond acceptors (Lipinski definition) is 9. The lowest BCUT2D eigenvalue weighted by Crippen LogP contribution is -2.34. The van der Waals surface area contributed by atoms with E-state index in [2.05, 4.69) is 91.3 Å². The number of carboxylic acids is 1. The lowest BCUT2D eigenvalue weighted by atomic mass is 10.1. The summed E-state index contributed by atoms with van der Waals surface area (Å²) >= 11 is 0. The third-order valence-corrected chi connectivity index (χ3v) is 9.08. The van der Waals surface area contributed by atoms with E-state index in [-0.39, 0.29) is 12.8 Å². The molecule has 0 heterocycles. The number of carboxylic acid groups (broad SMARTS) is 1. The largest absolute Gasteiger partial charge is 0.480 e. The Morgan fingerprint density at radius 3 is 1.55 bits per heavy atom. The van der Waals surface area contributed by atoms with Gasteiger partial charge in [0.05, 0.1) is 13.2 Å². The number of phosphoric acid groups is 1. The summed E-state index contributed by atoms with van der Waals surface area (Å²) in [7, 11) is -4.74. The first-order valence-corrected chi connectivity index (χ1v) is 22.1. The lowest BCUT2D eigenvalue weighted by molar-refractivity contribution is -0.161. The zero-order valence-electron chi connectivity index (χ0n) is 34.2. The normalized spacial score (nSPS) is 14.6. The molecule has 318 valence electrons. The molecule has 4 N–H and O–H groups in total. The van der Waals surface area contributed by atoms with Crippen LogP contribution in [0.5, 0.6) is 0 Å². The highest BCUT2D eigenvalue weighted by atomic mass is 31.2. The number of rotatable bonds is 37. The molecule has 0 saturated carbocycles. The standard InChI is InChI=1S/C44H72NO10P/c1-3-5-7-9-11-13-15-17-19-20-22-23-25-27-29-31-33-35-42(46)52-37-40(38-53-56(50,51)54-39-41(45)44(48)49)55-43(47)36-34-32-30-28-26-24-21-18-16-14-12-10-8-6-4-2/h5,7,11,13,17-19,21-23,26-29,40-41H,3-4,6,8-10,12,14-16,20,24-25,30-39,45H2,1-2H3,(H,48,49)(H,50,51)/b7-5+,13-11+,19-17+,21-18+,23-22+,28-26+,29-27+/t40-,41+/m1/s1. The van der Waals surface area contributed by atoms with Gasteiger partial charge in [-0.2, -0.15) is 0 Å². The highest BCUT2D eigenvalue weighted by Gasteiger charge is 2.28. The molecule has 0 fully saturated rings. The maximum Gasteiger partial charge on any atom is 0.472 e. The van der Waals surface area contributed by atoms with E-state index >= 15 is 0 Å². The number of ether oxygens (including phenoxy) is 2. The molecule has 0 spiro atoms. The predicted octanol–water partition coefficient (Wildman–Crippen LogP) is 10.7. The Morgan fingerprint density at radius 1 is 0.571 bits per heavy atom. The van der Waals surface area contributed by atoms with E-state index in [9.17, 15) is 23.8 Å². The van der Waals surface area contributed by atoms with Crippen molar-refractivity contribution in [3.63, 3.8) is 0 Å². The summed E-state index contributed by atoms with van der Waals surface area (Å²) < 4.78 is 32.5. The van der Waals surface area contributed by atoms with E-state index in [4.69, 9.17) is 24.8 Å². The average Bonchev–Trinajstić information content (AvgIpc) is 3.17. The minimum Gasteiger partial charge on any atom is -0.480 e. The number of nitrogens with two attached hydrogens (primary N) is 1. The van der Waals surface area contributed by atoms with Crippen LogP contribution in [0.2, 0.25) is 0 Å². The molecule has 0 aromatic heterocycles. The second-order valence-corrected chi connectivity index (χ2v) is 14.8. The van der Waals surface area contributed by atoms with Gasteiger partial charge in [0.2, 0.25) is 0 Å². The summed E-state index contributed by atoms with van der Waals surface area (Å²) in [4.78, 5) is 45.8. The zero-order valence-corrected chi connectivity index (χ0v) is 35.1. The van der Waals surface area contributed by atoms with Crippen molar-refractivity contribution in [1.82, 2.24) is 0 Å². The van der Waals surface area contributed by atoms with Crippen LogP contribution in [-0.4, -0.2) is 59.9 Å². The van der Waals surface area contributed by atoms with Gasteiger partial charge in [-0.25, -0.2) is 4.57 Å². The van der Waals surface area contributed by atoms with E-state index < -0.39 is 57.7 Å². The van der Waals surface area contributed by atoms with E-state index in [1.54, 1.807) is 0 Å². The molecule has 0 aromatic rings. The van der Waals surface area contributed by atoms with Crippen LogP contribution in [0.25, 0.3) is 0 Å². The third kappa shape index (κ3) is 37.6. The number of esters is 2. The maximum absolute atomic E-state index is 12.6. The Balaban J connectivity index is 4.57. The van der Waals surface area contributed by atoms with Gasteiger partial charge in [-0.3, -0.25) is 23.4 Å². The van der Waals surface area contributed by atoms with Crippen molar-refractivity contribution in [3.05, 3.63) is 85.1 Å². The van der Waals surface area contributed by atoms with E-state index in [0.29, 0.717) is 19.3 Å². The number of hydrogen-bond donors (Lipinski definition) is 3. The SMILES string of the molecule is CC/C=C/C/C=C/C/C=C/C/C=C/C/C=C/CCCC(=O)OC[C@H](COP(=O)(O)OC[C@H](N)C(=O)O)OC(=O)CCCC/C=C/C/C=C/CCCCCCCC. The van der Waals surface area contributed by atoms with Crippen LogP contribution >= 0.6 is 7.82 Å². The minimum atomic E-state index is -4.74. The fourth-order valence-electron chi connectivity index (χ4n) is 4.89. The first-order chi connectivity index (χ1) is 27.1. The van der Waals surface area contributed by atoms with Crippen molar-refractivity contribution < 1.29 is 47.5 Å². The van der Waals surface area contributed by atoms with Crippen molar-refractivity contribution in [2.75, 3.05) is 19.8 Å². The molecular formula is C44H72NO10P. The Bertz CT molecular complexity index is 1270. The summed E-state index contributed by atoms with van der Waals surface area (Å²) in [5.41, 5.74) is 5.32. The fraction of sp³-hybridized carbons (Fsp3) is 0.614. The van der Waals surface area contributed by atoms with Gasteiger partial charge in [0, 0.05) is 12.8 Å². The summed E-state index contributed by atoms with van der Waals surface area (Å²) in [6.07, 6.45) is 46.6. The van der Waals surface area contributed by atoms with Crippen LogP contribution in [0.3, 0.4) is 0 Å². The van der Waals surface area contributed by atoms with Crippen molar-refractivity contribution in [1.29, 1.82) is 0 Å². The molecular weight excluding hydrogens is 733 g/mol. The van der Waals surface area contributed by atoms with Crippen molar-refractivity contribution in [2.24, 2.45) is 5.73 Å². The zero-order chi connectivity index (χ0) is 41.4. The van der Waals surface area contributed by atoms with Crippen molar-refractivity contribution in [3.8, 4) is 0 Å². The van der Waals surface area contributed by atoms with E-state index in [1.807, 2.05) is 12.2 Å². The number of phosphoric ester groups is 1. The van der Waals surface area contributed by atoms with Gasteiger partial charge in [-0.15, -0.1) is 0 Å². The molecule has 0 aromatic carbocycles. The highest BCUT2D eigenvalue weighted by Crippen LogP contribution is 2.43. The minimum absolute atomic E-state index is 0.102. The molecule has 0 aliphatic heterocycles. The lowest BCUT2D eigenvalue weighted by Gasteiger charge is -2.20. The molecule has 56 heavy (non-hydrogen) atoms. The van der Waals surface area contributed by atoms with Crippen LogP contribution in [0.4, 0.5) is 0 Å². The molecule has 0 bridgehead atoms. The van der Waals surface area contributed by atoms with Gasteiger partial charge in [-0.1, -0.05) is 131 Å². The summed E-state index contributed by atoms with van der Waals surface area (Å²) in [5.74, 6) is -2.51. The van der Waals surface area contributed by atoms with Gasteiger partial charge < -0.3 is 25.2 Å². The Hall–Kier alpha value is -3.34. The second-order valence-electron chi connectivity index (χ2n) is 13.4. The van der Waals surface area contributed by atoms with Crippen LogP contribution in [-0.2, 0) is 37.5 Å². The van der Waals surface area contributed by atoms with Gasteiger partial charge in [-0.05, 0) is 83.5 Å². The Morgan fingerprint density at radius 2 is 1.02 bits per heavy atom. The Kier molecular flexibility index (Phi) is 36.2. The fourth-order valence-corrected chi connectivity index (χ4v) is 5.67. The van der Waals surface area contributed by atoms with Crippen LogP contribution < -0.4 is 5.73 Å². The first-order valence-electron chi connectivity index (χ1n) is 20.6. The quantitative estimate of drug-likeness (QED) is 0.0236. The monoisotopic (exact) mass is 805 g/mol. The number of carbonyl (C=O) groups is 3. The Labute approximate surface area is 337 Å². The van der Waals surface area contributed by atoms with E-state index in [1.165, 1.54) is 38.5 Å². The maximum atomic E-state index is 12.6. The molecule has 1 unspecified atom stereocenters. The van der Waals surface area contributed by atoms with Gasteiger partial charge >= 0.3 is 25.7 Å². The molecule has 3 atom stereocenters. The molecule has 0 aliphatic rings. The van der Waals surface area contributed by atoms with Gasteiger partial charge in [0.1, 0.15) is 12.6 Å². The number of aliphatic carboxylic acids is 1. The molecule has 0 radical (unpaired) electrons.